The average molecular weight is 259 g/mol. The van der Waals surface area contributed by atoms with Crippen LogP contribution in [0.15, 0.2) is 22.8 Å². The van der Waals surface area contributed by atoms with Gasteiger partial charge < -0.3 is 9.73 Å². The highest BCUT2D eigenvalue weighted by atomic mass is 32.2. The van der Waals surface area contributed by atoms with Gasteiger partial charge in [-0.2, -0.15) is 0 Å². The molecule has 1 aromatic heterocycles. The fourth-order valence-electron chi connectivity index (χ4n) is 1.54. The first-order chi connectivity index (χ1) is 8.05. The second-order valence-corrected chi connectivity index (χ2v) is 6.50. The molecule has 0 saturated heterocycles. The number of nitrogens with one attached hydrogen (secondary N) is 1. The molecule has 0 saturated carbocycles. The molecule has 0 aliphatic rings. The van der Waals surface area contributed by atoms with E-state index in [-0.39, 0.29) is 11.8 Å². The number of hydrogen-bond donors (Lipinski definition) is 1. The Kier molecular flexibility index (Phi) is 5.71. The van der Waals surface area contributed by atoms with Gasteiger partial charge in [-0.3, -0.25) is 0 Å². The monoisotopic (exact) mass is 259 g/mol. The molecule has 0 fully saturated rings. The van der Waals surface area contributed by atoms with Crippen molar-refractivity contribution in [3.8, 4) is 0 Å². The third-order valence-corrected chi connectivity index (χ3v) is 4.38. The Morgan fingerprint density at radius 3 is 2.76 bits per heavy atom. The minimum atomic E-state index is -2.90. The van der Waals surface area contributed by atoms with Gasteiger partial charge in [0, 0.05) is 6.54 Å². The first-order valence-corrected chi connectivity index (χ1v) is 7.84. The quantitative estimate of drug-likeness (QED) is 0.777. The van der Waals surface area contributed by atoms with Crippen LogP contribution in [0, 0.1) is 0 Å². The molecule has 1 rings (SSSR count). The standard InChI is InChI=1S/C12H21NO3S/c1-3-4-9-17(14,15)10-7-13-11(2)12-6-5-8-16-12/h5-6,8,11,13H,3-4,7,9-10H2,1-2H3. The van der Waals surface area contributed by atoms with Crippen LogP contribution < -0.4 is 5.32 Å². The SMILES string of the molecule is CCCCS(=O)(=O)CCNC(C)c1ccco1. The van der Waals surface area contributed by atoms with E-state index in [0.29, 0.717) is 12.3 Å². The van der Waals surface area contributed by atoms with Gasteiger partial charge in [-0.15, -0.1) is 0 Å². The Morgan fingerprint density at radius 2 is 2.18 bits per heavy atom. The second-order valence-electron chi connectivity index (χ2n) is 4.20. The molecule has 0 spiro atoms. The summed E-state index contributed by atoms with van der Waals surface area (Å²) in [7, 11) is -2.90. The number of rotatable bonds is 8. The molecule has 5 heteroatoms. The maximum Gasteiger partial charge on any atom is 0.151 e. The predicted molar refractivity (Wildman–Crippen MR) is 68.7 cm³/mol. The molecule has 1 heterocycles. The summed E-state index contributed by atoms with van der Waals surface area (Å²) in [6, 6.07) is 3.75. The molecular formula is C12H21NO3S. The molecule has 17 heavy (non-hydrogen) atoms. The third-order valence-electron chi connectivity index (χ3n) is 2.64. The maximum absolute atomic E-state index is 11.6. The van der Waals surface area contributed by atoms with Crippen molar-refractivity contribution in [2.45, 2.75) is 32.7 Å². The predicted octanol–water partition coefficient (Wildman–Crippen LogP) is 2.15. The minimum absolute atomic E-state index is 0.0476. The molecule has 1 N–H and O–H groups in total. The first kappa shape index (κ1) is 14.3. The molecule has 0 amide bonds. The van der Waals surface area contributed by atoms with E-state index in [1.807, 2.05) is 26.0 Å². The van der Waals surface area contributed by atoms with Crippen molar-refractivity contribution in [2.75, 3.05) is 18.1 Å². The topological polar surface area (TPSA) is 59.3 Å². The number of sulfone groups is 1. The van der Waals surface area contributed by atoms with E-state index in [1.54, 1.807) is 6.26 Å². The van der Waals surface area contributed by atoms with Gasteiger partial charge in [0.25, 0.3) is 0 Å². The van der Waals surface area contributed by atoms with Crippen LogP contribution in [0.3, 0.4) is 0 Å². The highest BCUT2D eigenvalue weighted by molar-refractivity contribution is 7.91. The zero-order chi connectivity index (χ0) is 12.7. The summed E-state index contributed by atoms with van der Waals surface area (Å²) >= 11 is 0. The molecular weight excluding hydrogens is 238 g/mol. The van der Waals surface area contributed by atoms with Gasteiger partial charge in [0.05, 0.1) is 23.8 Å². The van der Waals surface area contributed by atoms with Gasteiger partial charge in [0.15, 0.2) is 9.84 Å². The van der Waals surface area contributed by atoms with Crippen molar-refractivity contribution in [1.82, 2.24) is 5.32 Å². The molecule has 0 aliphatic heterocycles. The summed E-state index contributed by atoms with van der Waals surface area (Å²) < 4.78 is 28.4. The van der Waals surface area contributed by atoms with E-state index in [0.717, 1.165) is 18.6 Å². The summed E-state index contributed by atoms with van der Waals surface area (Å²) in [6.07, 6.45) is 3.27. The molecule has 0 bridgehead atoms. The van der Waals surface area contributed by atoms with E-state index in [9.17, 15) is 8.42 Å². The van der Waals surface area contributed by atoms with E-state index >= 15 is 0 Å². The average Bonchev–Trinajstić information content (AvgIpc) is 2.79. The first-order valence-electron chi connectivity index (χ1n) is 6.02. The number of hydrogen-bond acceptors (Lipinski definition) is 4. The van der Waals surface area contributed by atoms with Crippen molar-refractivity contribution in [3.05, 3.63) is 24.2 Å². The van der Waals surface area contributed by atoms with E-state index in [1.165, 1.54) is 0 Å². The molecule has 1 aromatic rings. The maximum atomic E-state index is 11.6. The highest BCUT2D eigenvalue weighted by Crippen LogP contribution is 2.11. The summed E-state index contributed by atoms with van der Waals surface area (Å²) in [4.78, 5) is 0. The molecule has 4 nitrogen and oxygen atoms in total. The fourth-order valence-corrected chi connectivity index (χ4v) is 2.90. The lowest BCUT2D eigenvalue weighted by Crippen LogP contribution is -2.26. The van der Waals surface area contributed by atoms with Crippen molar-refractivity contribution in [1.29, 1.82) is 0 Å². The van der Waals surface area contributed by atoms with Crippen LogP contribution in [0.25, 0.3) is 0 Å². The van der Waals surface area contributed by atoms with Crippen LogP contribution in [-0.4, -0.2) is 26.5 Å². The normalized spacial score (nSPS) is 13.8. The number of furan rings is 1. The van der Waals surface area contributed by atoms with Gasteiger partial charge in [0.2, 0.25) is 0 Å². The summed E-state index contributed by atoms with van der Waals surface area (Å²) in [5, 5.41) is 3.14. The van der Waals surface area contributed by atoms with Crippen molar-refractivity contribution >= 4 is 9.84 Å². The van der Waals surface area contributed by atoms with Crippen LogP contribution in [0.5, 0.6) is 0 Å². The van der Waals surface area contributed by atoms with E-state index in [4.69, 9.17) is 4.42 Å². The molecule has 0 radical (unpaired) electrons. The summed E-state index contributed by atoms with van der Waals surface area (Å²) in [5.74, 6) is 1.31. The van der Waals surface area contributed by atoms with E-state index in [2.05, 4.69) is 5.32 Å². The Morgan fingerprint density at radius 1 is 1.41 bits per heavy atom. The minimum Gasteiger partial charge on any atom is -0.468 e. The van der Waals surface area contributed by atoms with Crippen LogP contribution in [-0.2, 0) is 9.84 Å². The Balaban J connectivity index is 2.28. The van der Waals surface area contributed by atoms with Gasteiger partial charge in [-0.25, -0.2) is 8.42 Å². The van der Waals surface area contributed by atoms with Gasteiger partial charge >= 0.3 is 0 Å². The summed E-state index contributed by atoms with van der Waals surface area (Å²) in [5.41, 5.74) is 0. The summed E-state index contributed by atoms with van der Waals surface area (Å²) in [6.45, 7) is 4.41. The molecule has 1 atom stereocenters. The third kappa shape index (κ3) is 5.37. The zero-order valence-corrected chi connectivity index (χ0v) is 11.3. The Hall–Kier alpha value is -0.810. The van der Waals surface area contributed by atoms with Crippen molar-refractivity contribution in [3.63, 3.8) is 0 Å². The molecule has 98 valence electrons. The molecule has 0 aromatic carbocycles. The lowest BCUT2D eigenvalue weighted by Gasteiger charge is -2.11. The second kappa shape index (κ2) is 6.81. The van der Waals surface area contributed by atoms with Gasteiger partial charge in [0.1, 0.15) is 5.76 Å². The number of unbranched alkanes of at least 4 members (excludes halogenated alkanes) is 1. The van der Waals surface area contributed by atoms with Crippen LogP contribution in [0.4, 0.5) is 0 Å². The molecule has 1 unspecified atom stereocenters. The lowest BCUT2D eigenvalue weighted by molar-refractivity contribution is 0.437. The lowest BCUT2D eigenvalue weighted by atomic mass is 10.2. The fraction of sp³-hybridized carbons (Fsp3) is 0.667. The van der Waals surface area contributed by atoms with Gasteiger partial charge in [-0.1, -0.05) is 13.3 Å². The Bertz CT molecular complexity index is 397. The van der Waals surface area contributed by atoms with Crippen LogP contribution in [0.1, 0.15) is 38.5 Å². The van der Waals surface area contributed by atoms with Crippen LogP contribution >= 0.6 is 0 Å². The van der Waals surface area contributed by atoms with Gasteiger partial charge in [-0.05, 0) is 25.5 Å². The largest absolute Gasteiger partial charge is 0.468 e. The highest BCUT2D eigenvalue weighted by Gasteiger charge is 2.12. The molecule has 0 aliphatic carbocycles. The van der Waals surface area contributed by atoms with Crippen molar-refractivity contribution < 1.29 is 12.8 Å². The smallest absolute Gasteiger partial charge is 0.151 e. The van der Waals surface area contributed by atoms with Crippen molar-refractivity contribution in [2.24, 2.45) is 0 Å². The zero-order valence-electron chi connectivity index (χ0n) is 10.5. The Labute approximate surface area is 103 Å². The van der Waals surface area contributed by atoms with Crippen LogP contribution in [0.2, 0.25) is 0 Å². The van der Waals surface area contributed by atoms with E-state index < -0.39 is 9.84 Å².